The number of benzene rings is 1. The van der Waals surface area contributed by atoms with Gasteiger partial charge >= 0.3 is 0 Å². The average molecular weight is 229 g/mol. The van der Waals surface area contributed by atoms with Crippen molar-refractivity contribution in [1.29, 1.82) is 5.26 Å². The second-order valence-electron chi connectivity index (χ2n) is 3.81. The molecular formula is C12H11N3O2. The Morgan fingerprint density at radius 1 is 1.41 bits per heavy atom. The normalized spacial score (nSPS) is 18.2. The van der Waals surface area contributed by atoms with E-state index in [-0.39, 0.29) is 22.8 Å². The van der Waals surface area contributed by atoms with Gasteiger partial charge in [-0.2, -0.15) is 5.26 Å². The molecule has 0 unspecified atom stereocenters. The smallest absolute Gasteiger partial charge is 0.253 e. The number of ketones is 1. The van der Waals surface area contributed by atoms with Gasteiger partial charge in [-0.05, 0) is 19.0 Å². The molecule has 1 aromatic rings. The van der Waals surface area contributed by atoms with Crippen LogP contribution in [0, 0.1) is 11.3 Å². The van der Waals surface area contributed by atoms with Gasteiger partial charge < -0.3 is 11.1 Å². The second-order valence-corrected chi connectivity index (χ2v) is 3.81. The SMILES string of the molecule is N#Cc1cccc2c1C(=O)N[C@@H](CCN)C2=O. The zero-order valence-corrected chi connectivity index (χ0v) is 9.06. The third-order valence-corrected chi connectivity index (χ3v) is 2.75. The predicted octanol–water partition coefficient (Wildman–Crippen LogP) is 0.202. The number of fused-ring (bicyclic) bond motifs is 1. The molecule has 5 nitrogen and oxygen atoms in total. The van der Waals surface area contributed by atoms with Crippen LogP contribution in [0.1, 0.15) is 32.7 Å². The quantitative estimate of drug-likeness (QED) is 0.757. The lowest BCUT2D eigenvalue weighted by molar-refractivity contribution is 0.0824. The standard InChI is InChI=1S/C12H11N3O2/c13-5-4-9-11(16)8-3-1-2-7(6-14)10(8)12(17)15-9/h1-3,9H,4-5,13H2,(H,15,17)/t9-/m0/s1. The van der Waals surface area contributed by atoms with Crippen LogP contribution in [0.4, 0.5) is 0 Å². The summed E-state index contributed by atoms with van der Waals surface area (Å²) in [6.07, 6.45) is 0.404. The summed E-state index contributed by atoms with van der Waals surface area (Å²) in [5.41, 5.74) is 6.09. The number of amides is 1. The molecule has 5 heteroatoms. The minimum Gasteiger partial charge on any atom is -0.342 e. The molecule has 0 saturated heterocycles. The number of carbonyl (C=O) groups is 2. The molecule has 1 aliphatic rings. The fourth-order valence-corrected chi connectivity index (χ4v) is 1.95. The summed E-state index contributed by atoms with van der Waals surface area (Å²) in [5, 5.41) is 11.5. The van der Waals surface area contributed by atoms with E-state index in [1.165, 1.54) is 6.07 Å². The highest BCUT2D eigenvalue weighted by molar-refractivity contribution is 6.16. The van der Waals surface area contributed by atoms with Gasteiger partial charge in [-0.3, -0.25) is 9.59 Å². The van der Waals surface area contributed by atoms with E-state index in [9.17, 15) is 9.59 Å². The Morgan fingerprint density at radius 3 is 2.82 bits per heavy atom. The van der Waals surface area contributed by atoms with Crippen molar-refractivity contribution in [2.24, 2.45) is 5.73 Å². The monoisotopic (exact) mass is 229 g/mol. The first kappa shape index (κ1) is 11.3. The maximum atomic E-state index is 12.0. The van der Waals surface area contributed by atoms with Gasteiger partial charge in [0.15, 0.2) is 5.78 Å². The minimum absolute atomic E-state index is 0.174. The van der Waals surface area contributed by atoms with Gasteiger partial charge in [-0.1, -0.05) is 12.1 Å². The number of hydrogen-bond donors (Lipinski definition) is 2. The van der Waals surface area contributed by atoms with Crippen molar-refractivity contribution in [1.82, 2.24) is 5.32 Å². The molecule has 0 fully saturated rings. The van der Waals surface area contributed by atoms with Crippen LogP contribution >= 0.6 is 0 Å². The van der Waals surface area contributed by atoms with Crippen LogP contribution < -0.4 is 11.1 Å². The number of nitriles is 1. The van der Waals surface area contributed by atoms with Crippen LogP contribution in [0.3, 0.4) is 0 Å². The summed E-state index contributed by atoms with van der Waals surface area (Å²) < 4.78 is 0. The van der Waals surface area contributed by atoms with E-state index in [0.717, 1.165) is 0 Å². The Hall–Kier alpha value is -2.19. The van der Waals surface area contributed by atoms with Gasteiger partial charge in [-0.15, -0.1) is 0 Å². The van der Waals surface area contributed by atoms with E-state index in [2.05, 4.69) is 5.32 Å². The third-order valence-electron chi connectivity index (χ3n) is 2.75. The number of nitrogens with one attached hydrogen (secondary N) is 1. The van der Waals surface area contributed by atoms with Gasteiger partial charge in [0.2, 0.25) is 0 Å². The van der Waals surface area contributed by atoms with E-state index in [1.807, 2.05) is 6.07 Å². The van der Waals surface area contributed by atoms with E-state index >= 15 is 0 Å². The Kier molecular flexibility index (Phi) is 2.90. The van der Waals surface area contributed by atoms with Crippen molar-refractivity contribution in [3.63, 3.8) is 0 Å². The molecule has 0 aliphatic carbocycles. The molecule has 1 atom stereocenters. The maximum Gasteiger partial charge on any atom is 0.253 e. The first-order valence-corrected chi connectivity index (χ1v) is 5.27. The van der Waals surface area contributed by atoms with Crippen molar-refractivity contribution < 1.29 is 9.59 Å². The summed E-state index contributed by atoms with van der Waals surface area (Å²) in [6, 6.07) is 6.04. The second kappa shape index (κ2) is 4.36. The highest BCUT2D eigenvalue weighted by atomic mass is 16.2. The summed E-state index contributed by atoms with van der Waals surface area (Å²) in [5.74, 6) is -0.558. The lowest BCUT2D eigenvalue weighted by Gasteiger charge is -2.24. The maximum absolute atomic E-state index is 12.0. The minimum atomic E-state index is -0.575. The van der Waals surface area contributed by atoms with Gasteiger partial charge in [0.05, 0.1) is 23.2 Å². The van der Waals surface area contributed by atoms with Crippen molar-refractivity contribution in [3.05, 3.63) is 34.9 Å². The van der Waals surface area contributed by atoms with Crippen molar-refractivity contribution >= 4 is 11.7 Å². The molecule has 1 heterocycles. The molecule has 1 aliphatic heterocycles. The molecule has 0 saturated carbocycles. The van der Waals surface area contributed by atoms with E-state index in [1.54, 1.807) is 12.1 Å². The number of carbonyl (C=O) groups excluding carboxylic acids is 2. The summed E-state index contributed by atoms with van der Waals surface area (Å²) >= 11 is 0. The predicted molar refractivity (Wildman–Crippen MR) is 60.4 cm³/mol. The van der Waals surface area contributed by atoms with Gasteiger partial charge in [0.25, 0.3) is 5.91 Å². The molecule has 2 rings (SSSR count). The van der Waals surface area contributed by atoms with Crippen LogP contribution in [0.15, 0.2) is 18.2 Å². The summed E-state index contributed by atoms with van der Waals surface area (Å²) in [6.45, 7) is 0.323. The Labute approximate surface area is 98.2 Å². The Bertz CT molecular complexity index is 531. The van der Waals surface area contributed by atoms with Crippen molar-refractivity contribution in [3.8, 4) is 6.07 Å². The molecule has 1 aromatic carbocycles. The zero-order chi connectivity index (χ0) is 12.4. The molecule has 3 N–H and O–H groups in total. The molecule has 0 spiro atoms. The first-order valence-electron chi connectivity index (χ1n) is 5.27. The van der Waals surface area contributed by atoms with Crippen molar-refractivity contribution in [2.45, 2.75) is 12.5 Å². The molecular weight excluding hydrogens is 218 g/mol. The molecule has 1 amide bonds. The molecule has 0 aromatic heterocycles. The van der Waals surface area contributed by atoms with Crippen LogP contribution in [0.25, 0.3) is 0 Å². The van der Waals surface area contributed by atoms with Crippen LogP contribution in [-0.2, 0) is 0 Å². The highest BCUT2D eigenvalue weighted by Gasteiger charge is 2.32. The zero-order valence-electron chi connectivity index (χ0n) is 9.06. The summed E-state index contributed by atoms with van der Waals surface area (Å²) in [4.78, 5) is 23.9. The Balaban J connectivity index is 2.53. The van der Waals surface area contributed by atoms with Gasteiger partial charge in [0.1, 0.15) is 0 Å². The number of nitrogens with two attached hydrogens (primary N) is 1. The number of rotatable bonds is 2. The number of nitrogens with zero attached hydrogens (tertiary/aromatic N) is 1. The van der Waals surface area contributed by atoms with Crippen LogP contribution in [-0.4, -0.2) is 24.3 Å². The van der Waals surface area contributed by atoms with E-state index < -0.39 is 6.04 Å². The Morgan fingerprint density at radius 2 is 2.18 bits per heavy atom. The van der Waals surface area contributed by atoms with Gasteiger partial charge in [0, 0.05) is 5.56 Å². The summed E-state index contributed by atoms with van der Waals surface area (Å²) in [7, 11) is 0. The lowest BCUT2D eigenvalue weighted by Crippen LogP contribution is -2.47. The van der Waals surface area contributed by atoms with E-state index in [4.69, 9.17) is 11.0 Å². The molecule has 0 bridgehead atoms. The third kappa shape index (κ3) is 1.79. The molecule has 17 heavy (non-hydrogen) atoms. The van der Waals surface area contributed by atoms with Gasteiger partial charge in [-0.25, -0.2) is 0 Å². The average Bonchev–Trinajstić information content (AvgIpc) is 2.35. The first-order chi connectivity index (χ1) is 8.19. The lowest BCUT2D eigenvalue weighted by atomic mass is 9.89. The van der Waals surface area contributed by atoms with Crippen LogP contribution in [0.2, 0.25) is 0 Å². The van der Waals surface area contributed by atoms with Crippen LogP contribution in [0.5, 0.6) is 0 Å². The fourth-order valence-electron chi connectivity index (χ4n) is 1.95. The topological polar surface area (TPSA) is 96.0 Å². The van der Waals surface area contributed by atoms with E-state index in [0.29, 0.717) is 18.5 Å². The number of hydrogen-bond acceptors (Lipinski definition) is 4. The fraction of sp³-hybridized carbons (Fsp3) is 0.250. The highest BCUT2D eigenvalue weighted by Crippen LogP contribution is 2.21. The molecule has 0 radical (unpaired) electrons. The van der Waals surface area contributed by atoms with Crippen molar-refractivity contribution in [2.75, 3.05) is 6.54 Å². The largest absolute Gasteiger partial charge is 0.342 e. The molecule has 86 valence electrons. The number of Topliss-reactive ketones (excluding diaryl/α,β-unsaturated/α-hetero) is 1.